The summed E-state index contributed by atoms with van der Waals surface area (Å²) >= 11 is 1.68. The van der Waals surface area contributed by atoms with Gasteiger partial charge >= 0.3 is 0 Å². The van der Waals surface area contributed by atoms with Gasteiger partial charge in [0.25, 0.3) is 0 Å². The Morgan fingerprint density at radius 3 is 2.28 bits per heavy atom. The molecule has 2 nitrogen and oxygen atoms in total. The van der Waals surface area contributed by atoms with Gasteiger partial charge in [-0.1, -0.05) is 18.2 Å². The molecule has 2 N–H and O–H groups in total. The summed E-state index contributed by atoms with van der Waals surface area (Å²) in [4.78, 5) is 1.18. The molecule has 0 bridgehead atoms. The molecular weight excluding hydrogens is 266 g/mol. The molecule has 0 unspecified atom stereocenters. The Balaban J connectivity index is 0.00000162. The van der Waals surface area contributed by atoms with Crippen LogP contribution in [0.2, 0.25) is 0 Å². The van der Waals surface area contributed by atoms with E-state index in [1.54, 1.807) is 11.3 Å². The molecule has 0 spiro atoms. The maximum Gasteiger partial charge on any atom is 0.119 e. The molecule has 2 aromatic rings. The Labute approximate surface area is 118 Å². The van der Waals surface area contributed by atoms with Gasteiger partial charge in [-0.3, -0.25) is 0 Å². The average Bonchev–Trinajstić information content (AvgIpc) is 2.82. The summed E-state index contributed by atoms with van der Waals surface area (Å²) in [7, 11) is 0. The van der Waals surface area contributed by atoms with Crippen LogP contribution >= 0.6 is 23.7 Å². The van der Waals surface area contributed by atoms with E-state index in [2.05, 4.69) is 6.07 Å². The summed E-state index contributed by atoms with van der Waals surface area (Å²) in [6.45, 7) is 4.04. The molecule has 2 rings (SSSR count). The number of hydrogen-bond acceptors (Lipinski definition) is 3. The lowest BCUT2D eigenvalue weighted by Gasteiger charge is -2.13. The number of nitrogens with two attached hydrogens (primary N) is 1. The van der Waals surface area contributed by atoms with Gasteiger partial charge < -0.3 is 10.5 Å². The molecule has 0 aliphatic heterocycles. The predicted molar refractivity (Wildman–Crippen MR) is 79.8 cm³/mol. The van der Waals surface area contributed by atoms with Crippen molar-refractivity contribution in [1.29, 1.82) is 0 Å². The molecule has 0 radical (unpaired) electrons. The third-order valence-electron chi connectivity index (χ3n) is 2.46. The minimum absolute atomic E-state index is 0. The fraction of sp³-hybridized carbons (Fsp3) is 0.286. The standard InChI is InChI=1S/C14H17NOS.ClH/c1-10(2)16-12-7-5-11(6-8-12)14(15)13-4-3-9-17-13;/h3-10,14H,15H2,1-2H3;1H/t14-;/m0./s1. The van der Waals surface area contributed by atoms with Crippen LogP contribution in [0.5, 0.6) is 5.75 Å². The van der Waals surface area contributed by atoms with Crippen LogP contribution in [0.4, 0.5) is 0 Å². The summed E-state index contributed by atoms with van der Waals surface area (Å²) in [5.74, 6) is 0.891. The minimum Gasteiger partial charge on any atom is -0.491 e. The van der Waals surface area contributed by atoms with Crippen molar-refractivity contribution in [3.05, 3.63) is 52.2 Å². The van der Waals surface area contributed by atoms with Crippen molar-refractivity contribution in [2.24, 2.45) is 5.73 Å². The van der Waals surface area contributed by atoms with Crippen LogP contribution in [0.25, 0.3) is 0 Å². The largest absolute Gasteiger partial charge is 0.491 e. The highest BCUT2D eigenvalue weighted by Gasteiger charge is 2.09. The average molecular weight is 284 g/mol. The molecular formula is C14H18ClNOS. The smallest absolute Gasteiger partial charge is 0.119 e. The first-order chi connectivity index (χ1) is 8.16. The van der Waals surface area contributed by atoms with Crippen LogP contribution < -0.4 is 10.5 Å². The van der Waals surface area contributed by atoms with E-state index in [1.807, 2.05) is 49.6 Å². The van der Waals surface area contributed by atoms with Gasteiger partial charge in [0.05, 0.1) is 12.1 Å². The van der Waals surface area contributed by atoms with Crippen molar-refractivity contribution in [2.75, 3.05) is 0 Å². The first-order valence-corrected chi connectivity index (χ1v) is 6.60. The Kier molecular flexibility index (Phi) is 5.66. The van der Waals surface area contributed by atoms with Crippen LogP contribution in [0.1, 0.15) is 30.3 Å². The normalized spacial score (nSPS) is 12.0. The predicted octanol–water partition coefficient (Wildman–Crippen LogP) is 4.01. The van der Waals surface area contributed by atoms with Crippen molar-refractivity contribution in [2.45, 2.75) is 26.0 Å². The van der Waals surface area contributed by atoms with E-state index in [0.29, 0.717) is 0 Å². The van der Waals surface area contributed by atoms with E-state index in [-0.39, 0.29) is 24.6 Å². The molecule has 1 heterocycles. The van der Waals surface area contributed by atoms with Gasteiger partial charge in [0, 0.05) is 4.88 Å². The molecule has 0 amide bonds. The molecule has 1 aromatic carbocycles. The molecule has 18 heavy (non-hydrogen) atoms. The van der Waals surface area contributed by atoms with Gasteiger partial charge in [0.1, 0.15) is 5.75 Å². The van der Waals surface area contributed by atoms with Crippen LogP contribution in [0, 0.1) is 0 Å². The van der Waals surface area contributed by atoms with Crippen molar-refractivity contribution in [3.63, 3.8) is 0 Å². The zero-order chi connectivity index (χ0) is 12.3. The fourth-order valence-electron chi connectivity index (χ4n) is 1.66. The Morgan fingerprint density at radius 1 is 1.11 bits per heavy atom. The monoisotopic (exact) mass is 283 g/mol. The van der Waals surface area contributed by atoms with Crippen molar-refractivity contribution in [1.82, 2.24) is 0 Å². The molecule has 0 aliphatic carbocycles. The summed E-state index contributed by atoms with van der Waals surface area (Å²) in [6, 6.07) is 12.1. The zero-order valence-electron chi connectivity index (χ0n) is 10.5. The third-order valence-corrected chi connectivity index (χ3v) is 3.42. The van der Waals surface area contributed by atoms with Crippen LogP contribution in [0.3, 0.4) is 0 Å². The lowest BCUT2D eigenvalue weighted by molar-refractivity contribution is 0.242. The summed E-state index contributed by atoms with van der Waals surface area (Å²) in [6.07, 6.45) is 0.201. The highest BCUT2D eigenvalue weighted by Crippen LogP contribution is 2.25. The van der Waals surface area contributed by atoms with E-state index >= 15 is 0 Å². The van der Waals surface area contributed by atoms with E-state index in [1.165, 1.54) is 4.88 Å². The first kappa shape index (κ1) is 15.0. The second-order valence-corrected chi connectivity index (χ2v) is 5.21. The second kappa shape index (κ2) is 6.78. The van der Waals surface area contributed by atoms with Gasteiger partial charge in [0.15, 0.2) is 0 Å². The number of rotatable bonds is 4. The zero-order valence-corrected chi connectivity index (χ0v) is 12.1. The molecule has 98 valence electrons. The quantitative estimate of drug-likeness (QED) is 0.920. The maximum atomic E-state index is 6.18. The van der Waals surface area contributed by atoms with Gasteiger partial charge in [-0.15, -0.1) is 23.7 Å². The van der Waals surface area contributed by atoms with E-state index < -0.39 is 0 Å². The summed E-state index contributed by atoms with van der Waals surface area (Å²) in [5.41, 5.74) is 7.30. The molecule has 0 saturated carbocycles. The lowest BCUT2D eigenvalue weighted by atomic mass is 10.1. The van der Waals surface area contributed by atoms with Gasteiger partial charge in [-0.05, 0) is 43.0 Å². The highest BCUT2D eigenvalue weighted by molar-refractivity contribution is 7.10. The molecule has 1 atom stereocenters. The van der Waals surface area contributed by atoms with Gasteiger partial charge in [0.2, 0.25) is 0 Å². The molecule has 0 aliphatic rings. The van der Waals surface area contributed by atoms with Gasteiger partial charge in [-0.25, -0.2) is 0 Å². The Morgan fingerprint density at radius 2 is 1.78 bits per heavy atom. The van der Waals surface area contributed by atoms with E-state index in [9.17, 15) is 0 Å². The Hall–Kier alpha value is -1.03. The minimum atomic E-state index is -0.0388. The van der Waals surface area contributed by atoms with Crippen molar-refractivity contribution < 1.29 is 4.74 Å². The molecule has 0 fully saturated rings. The number of ether oxygens (including phenoxy) is 1. The number of benzene rings is 1. The van der Waals surface area contributed by atoms with Crippen molar-refractivity contribution >= 4 is 23.7 Å². The summed E-state index contributed by atoms with van der Waals surface area (Å²) < 4.78 is 5.60. The van der Waals surface area contributed by atoms with E-state index in [0.717, 1.165) is 11.3 Å². The molecule has 4 heteroatoms. The van der Waals surface area contributed by atoms with Gasteiger partial charge in [-0.2, -0.15) is 0 Å². The number of halogens is 1. The van der Waals surface area contributed by atoms with Crippen LogP contribution in [-0.4, -0.2) is 6.10 Å². The SMILES string of the molecule is CC(C)Oc1ccc([C@H](N)c2cccs2)cc1.Cl. The molecule has 1 aromatic heterocycles. The topological polar surface area (TPSA) is 35.2 Å². The molecule has 0 saturated heterocycles. The lowest BCUT2D eigenvalue weighted by Crippen LogP contribution is -2.10. The van der Waals surface area contributed by atoms with Crippen LogP contribution in [-0.2, 0) is 0 Å². The first-order valence-electron chi connectivity index (χ1n) is 5.72. The Bertz CT molecular complexity index is 453. The fourth-order valence-corrected chi connectivity index (χ4v) is 2.41. The van der Waals surface area contributed by atoms with E-state index in [4.69, 9.17) is 10.5 Å². The van der Waals surface area contributed by atoms with Crippen molar-refractivity contribution in [3.8, 4) is 5.75 Å². The number of thiophene rings is 1. The maximum absolute atomic E-state index is 6.18. The summed E-state index contributed by atoms with van der Waals surface area (Å²) in [5, 5.41) is 2.05. The highest BCUT2D eigenvalue weighted by atomic mass is 35.5. The third kappa shape index (κ3) is 3.73. The van der Waals surface area contributed by atoms with Crippen LogP contribution in [0.15, 0.2) is 41.8 Å². The number of hydrogen-bond donors (Lipinski definition) is 1. The second-order valence-electron chi connectivity index (χ2n) is 4.23.